The summed E-state index contributed by atoms with van der Waals surface area (Å²) in [6.45, 7) is 2.09. The molecule has 1 aromatic heterocycles. The van der Waals surface area contributed by atoms with Crippen LogP contribution in [0, 0.1) is 0 Å². The van der Waals surface area contributed by atoms with Gasteiger partial charge in [0.25, 0.3) is 0 Å². The Morgan fingerprint density at radius 1 is 0.920 bits per heavy atom. The standard InChI is InChI=1S/C20H24N2O3/c1-2-4-17(5-3-1)19(10-11-23-18-14-21-16-22-15-18)6-8-20(9-7-19)24-12-13-25-20/h1-5,14-16H,6-13H2. The van der Waals surface area contributed by atoms with Crippen LogP contribution in [0.5, 0.6) is 5.75 Å². The number of nitrogens with zero attached hydrogens (tertiary/aromatic N) is 2. The van der Waals surface area contributed by atoms with Crippen molar-refractivity contribution < 1.29 is 14.2 Å². The van der Waals surface area contributed by atoms with Crippen LogP contribution in [0.25, 0.3) is 0 Å². The fraction of sp³-hybridized carbons (Fsp3) is 0.500. The van der Waals surface area contributed by atoms with E-state index in [1.807, 2.05) is 0 Å². The van der Waals surface area contributed by atoms with Gasteiger partial charge in [0.1, 0.15) is 6.33 Å². The average Bonchev–Trinajstić information content (AvgIpc) is 3.14. The van der Waals surface area contributed by atoms with Crippen LogP contribution in [0.1, 0.15) is 37.7 Å². The third-order valence-corrected chi connectivity index (χ3v) is 5.55. The molecule has 1 saturated heterocycles. The monoisotopic (exact) mass is 340 g/mol. The van der Waals surface area contributed by atoms with Gasteiger partial charge in [0.15, 0.2) is 11.5 Å². The fourth-order valence-corrected chi connectivity index (χ4v) is 4.09. The molecule has 0 bridgehead atoms. The van der Waals surface area contributed by atoms with Gasteiger partial charge < -0.3 is 14.2 Å². The maximum absolute atomic E-state index is 5.91. The van der Waals surface area contributed by atoms with Crippen molar-refractivity contribution in [1.29, 1.82) is 0 Å². The van der Waals surface area contributed by atoms with E-state index >= 15 is 0 Å². The molecule has 0 amide bonds. The molecule has 0 unspecified atom stereocenters. The van der Waals surface area contributed by atoms with E-state index in [4.69, 9.17) is 14.2 Å². The minimum Gasteiger partial charge on any atom is -0.490 e. The van der Waals surface area contributed by atoms with Crippen LogP contribution < -0.4 is 4.74 Å². The van der Waals surface area contributed by atoms with Gasteiger partial charge in [-0.3, -0.25) is 0 Å². The molecule has 132 valence electrons. The molecule has 5 nitrogen and oxygen atoms in total. The summed E-state index contributed by atoms with van der Waals surface area (Å²) in [5.41, 5.74) is 1.49. The minimum atomic E-state index is -0.341. The summed E-state index contributed by atoms with van der Waals surface area (Å²) < 4.78 is 17.7. The van der Waals surface area contributed by atoms with E-state index in [2.05, 4.69) is 40.3 Å². The van der Waals surface area contributed by atoms with Crippen molar-refractivity contribution in [2.75, 3.05) is 19.8 Å². The summed E-state index contributed by atoms with van der Waals surface area (Å²) in [7, 11) is 0. The van der Waals surface area contributed by atoms with Crippen molar-refractivity contribution >= 4 is 0 Å². The summed E-state index contributed by atoms with van der Waals surface area (Å²) in [5, 5.41) is 0. The predicted molar refractivity (Wildman–Crippen MR) is 93.4 cm³/mol. The molecule has 1 aliphatic carbocycles. The highest BCUT2D eigenvalue weighted by Crippen LogP contribution is 2.48. The lowest BCUT2D eigenvalue weighted by molar-refractivity contribution is -0.185. The van der Waals surface area contributed by atoms with E-state index in [1.165, 1.54) is 11.9 Å². The van der Waals surface area contributed by atoms with Crippen molar-refractivity contribution in [3.05, 3.63) is 54.6 Å². The van der Waals surface area contributed by atoms with E-state index in [0.29, 0.717) is 6.61 Å². The van der Waals surface area contributed by atoms with Crippen LogP contribution in [0.4, 0.5) is 0 Å². The maximum Gasteiger partial charge on any atom is 0.168 e. The zero-order valence-electron chi connectivity index (χ0n) is 14.4. The number of aromatic nitrogens is 2. The molecule has 2 fully saturated rings. The van der Waals surface area contributed by atoms with Gasteiger partial charge in [-0.1, -0.05) is 30.3 Å². The van der Waals surface area contributed by atoms with Gasteiger partial charge in [0, 0.05) is 12.8 Å². The Bertz CT molecular complexity index is 662. The lowest BCUT2D eigenvalue weighted by Crippen LogP contribution is -2.42. The molecule has 0 radical (unpaired) electrons. The first kappa shape index (κ1) is 16.5. The first-order valence-electron chi connectivity index (χ1n) is 9.02. The molecular formula is C20H24N2O3. The van der Waals surface area contributed by atoms with E-state index in [0.717, 1.165) is 51.1 Å². The summed E-state index contributed by atoms with van der Waals surface area (Å²) in [4.78, 5) is 8.01. The Labute approximate surface area is 148 Å². The second-order valence-electron chi connectivity index (χ2n) is 6.93. The highest BCUT2D eigenvalue weighted by Gasteiger charge is 2.46. The molecule has 25 heavy (non-hydrogen) atoms. The van der Waals surface area contributed by atoms with Crippen molar-refractivity contribution in [1.82, 2.24) is 9.97 Å². The molecule has 2 heterocycles. The smallest absolute Gasteiger partial charge is 0.168 e. The third-order valence-electron chi connectivity index (χ3n) is 5.55. The first-order chi connectivity index (χ1) is 12.3. The van der Waals surface area contributed by atoms with Crippen molar-refractivity contribution in [3.8, 4) is 5.75 Å². The number of rotatable bonds is 5. The zero-order chi connectivity index (χ0) is 17.0. The van der Waals surface area contributed by atoms with Gasteiger partial charge in [-0.25, -0.2) is 9.97 Å². The summed E-state index contributed by atoms with van der Waals surface area (Å²) in [5.74, 6) is 0.382. The maximum atomic E-state index is 5.91. The summed E-state index contributed by atoms with van der Waals surface area (Å²) >= 11 is 0. The normalized spacial score (nSPS) is 21.3. The molecule has 1 aliphatic heterocycles. The SMILES string of the molecule is c1ccc(C2(CCOc3cncnc3)CCC3(CC2)OCCO3)cc1. The van der Waals surface area contributed by atoms with Crippen LogP contribution in [-0.4, -0.2) is 35.6 Å². The number of hydrogen-bond donors (Lipinski definition) is 0. The molecule has 2 aromatic rings. The molecule has 1 aromatic carbocycles. The predicted octanol–water partition coefficient (Wildman–Crippen LogP) is 3.50. The molecule has 1 saturated carbocycles. The van der Waals surface area contributed by atoms with Crippen molar-refractivity contribution in [2.45, 2.75) is 43.3 Å². The van der Waals surface area contributed by atoms with Gasteiger partial charge in [-0.2, -0.15) is 0 Å². The molecule has 0 N–H and O–H groups in total. The van der Waals surface area contributed by atoms with Gasteiger partial charge in [0.2, 0.25) is 0 Å². The molecule has 1 spiro atoms. The van der Waals surface area contributed by atoms with Crippen molar-refractivity contribution in [3.63, 3.8) is 0 Å². The Morgan fingerprint density at radius 2 is 1.60 bits per heavy atom. The molecule has 5 heteroatoms. The fourth-order valence-electron chi connectivity index (χ4n) is 4.09. The Morgan fingerprint density at radius 3 is 2.28 bits per heavy atom. The minimum absolute atomic E-state index is 0.109. The quantitative estimate of drug-likeness (QED) is 0.834. The Balaban J connectivity index is 1.47. The average molecular weight is 340 g/mol. The van der Waals surface area contributed by atoms with E-state index in [9.17, 15) is 0 Å². The van der Waals surface area contributed by atoms with Crippen LogP contribution in [0.3, 0.4) is 0 Å². The van der Waals surface area contributed by atoms with Crippen LogP contribution in [0.15, 0.2) is 49.1 Å². The lowest BCUT2D eigenvalue weighted by Gasteiger charge is -2.44. The number of benzene rings is 1. The summed E-state index contributed by atoms with van der Waals surface area (Å²) in [6, 6.07) is 10.8. The van der Waals surface area contributed by atoms with Crippen LogP contribution >= 0.6 is 0 Å². The third kappa shape index (κ3) is 3.53. The summed E-state index contributed by atoms with van der Waals surface area (Å²) in [6.07, 6.45) is 9.86. The van der Waals surface area contributed by atoms with Gasteiger partial charge in [-0.15, -0.1) is 0 Å². The van der Waals surface area contributed by atoms with Crippen LogP contribution in [0.2, 0.25) is 0 Å². The van der Waals surface area contributed by atoms with Gasteiger partial charge >= 0.3 is 0 Å². The van der Waals surface area contributed by atoms with Gasteiger partial charge in [-0.05, 0) is 30.2 Å². The van der Waals surface area contributed by atoms with E-state index < -0.39 is 0 Å². The second-order valence-corrected chi connectivity index (χ2v) is 6.93. The second kappa shape index (κ2) is 7.10. The highest BCUT2D eigenvalue weighted by molar-refractivity contribution is 5.26. The Hall–Kier alpha value is -1.98. The van der Waals surface area contributed by atoms with E-state index in [1.54, 1.807) is 12.4 Å². The zero-order valence-corrected chi connectivity index (χ0v) is 14.4. The molecule has 4 rings (SSSR count). The number of hydrogen-bond acceptors (Lipinski definition) is 5. The topological polar surface area (TPSA) is 53.5 Å². The number of ether oxygens (including phenoxy) is 3. The van der Waals surface area contributed by atoms with Crippen molar-refractivity contribution in [2.24, 2.45) is 0 Å². The molecular weight excluding hydrogens is 316 g/mol. The molecule has 0 atom stereocenters. The van der Waals surface area contributed by atoms with Gasteiger partial charge in [0.05, 0.1) is 32.2 Å². The Kier molecular flexibility index (Phi) is 4.68. The largest absolute Gasteiger partial charge is 0.490 e. The first-order valence-corrected chi connectivity index (χ1v) is 9.02. The van der Waals surface area contributed by atoms with E-state index in [-0.39, 0.29) is 11.2 Å². The highest BCUT2D eigenvalue weighted by atomic mass is 16.7. The lowest BCUT2D eigenvalue weighted by atomic mass is 9.66. The molecule has 2 aliphatic rings. The van der Waals surface area contributed by atoms with Crippen LogP contribution in [-0.2, 0) is 14.9 Å².